The molecule has 2 N–H and O–H groups in total. The molecule has 0 spiro atoms. The first-order valence-electron chi connectivity index (χ1n) is 8.14. The predicted molar refractivity (Wildman–Crippen MR) is 87.1 cm³/mol. The van der Waals surface area contributed by atoms with Crippen LogP contribution in [-0.2, 0) is 16.6 Å². The fraction of sp³-hybridized carbons (Fsp3) is 0.368. The van der Waals surface area contributed by atoms with Crippen molar-refractivity contribution < 1.29 is 9.90 Å². The molecule has 2 aliphatic carbocycles. The van der Waals surface area contributed by atoms with Crippen molar-refractivity contribution in [2.45, 2.75) is 31.6 Å². The number of aliphatic hydroxyl groups is 1. The lowest BCUT2D eigenvalue weighted by Gasteiger charge is -2.50. The minimum absolute atomic E-state index is 0.0759. The first kappa shape index (κ1) is 14.2. The van der Waals surface area contributed by atoms with Crippen LogP contribution in [0.4, 0.5) is 0 Å². The van der Waals surface area contributed by atoms with Crippen LogP contribution in [0, 0.1) is 11.8 Å². The molecule has 1 aromatic carbocycles. The van der Waals surface area contributed by atoms with Crippen LogP contribution in [0.2, 0.25) is 0 Å². The number of nitrogens with zero attached hydrogens (tertiary/aromatic N) is 1. The molecular formula is C19H20N2O2. The summed E-state index contributed by atoms with van der Waals surface area (Å²) in [5.41, 5.74) is 3.73. The van der Waals surface area contributed by atoms with Gasteiger partial charge in [0.2, 0.25) is 0 Å². The molecule has 1 heterocycles. The quantitative estimate of drug-likeness (QED) is 0.627. The smallest absolute Gasteiger partial charge is 0.165 e. The van der Waals surface area contributed by atoms with Crippen LogP contribution in [0.5, 0.6) is 0 Å². The Morgan fingerprint density at radius 3 is 2.87 bits per heavy atom. The molecule has 1 aromatic heterocycles. The molecule has 0 radical (unpaired) electrons. The Morgan fingerprint density at radius 1 is 1.35 bits per heavy atom. The first-order valence-corrected chi connectivity index (χ1v) is 8.14. The number of carbonyl (C=O) groups is 1. The van der Waals surface area contributed by atoms with Crippen molar-refractivity contribution in [2.24, 2.45) is 11.8 Å². The monoisotopic (exact) mass is 308 g/mol. The van der Waals surface area contributed by atoms with Crippen molar-refractivity contribution in [3.05, 3.63) is 65.2 Å². The van der Waals surface area contributed by atoms with E-state index in [-0.39, 0.29) is 23.0 Å². The Kier molecular flexibility index (Phi) is 3.15. The molecule has 4 nitrogen and oxygen atoms in total. The van der Waals surface area contributed by atoms with Gasteiger partial charge in [-0.05, 0) is 36.3 Å². The van der Waals surface area contributed by atoms with E-state index in [4.69, 9.17) is 0 Å². The fourth-order valence-electron chi connectivity index (χ4n) is 4.69. The van der Waals surface area contributed by atoms with E-state index in [0.717, 1.165) is 24.8 Å². The molecule has 4 rings (SSSR count). The number of aromatic amines is 1. The van der Waals surface area contributed by atoms with Crippen LogP contribution >= 0.6 is 0 Å². The zero-order valence-corrected chi connectivity index (χ0v) is 13.1. The molecular weight excluding hydrogens is 288 g/mol. The van der Waals surface area contributed by atoms with Crippen molar-refractivity contribution in [1.29, 1.82) is 0 Å². The van der Waals surface area contributed by atoms with E-state index in [2.05, 4.69) is 22.3 Å². The van der Waals surface area contributed by atoms with Gasteiger partial charge in [0.05, 0.1) is 12.5 Å². The Labute approximate surface area is 135 Å². The molecule has 0 saturated heterocycles. The number of aromatic nitrogens is 2. The van der Waals surface area contributed by atoms with Gasteiger partial charge in [0, 0.05) is 22.6 Å². The lowest BCUT2D eigenvalue weighted by Crippen LogP contribution is -2.50. The maximum absolute atomic E-state index is 12.6. The molecule has 1 fully saturated rings. The number of hydrogen-bond donors (Lipinski definition) is 2. The summed E-state index contributed by atoms with van der Waals surface area (Å²) in [4.78, 5) is 12.6. The van der Waals surface area contributed by atoms with Crippen LogP contribution in [0.25, 0.3) is 0 Å². The van der Waals surface area contributed by atoms with Gasteiger partial charge in [-0.2, -0.15) is 5.10 Å². The molecule has 23 heavy (non-hydrogen) atoms. The summed E-state index contributed by atoms with van der Waals surface area (Å²) in [5.74, 6) is 0.180. The summed E-state index contributed by atoms with van der Waals surface area (Å²) in [5, 5.41) is 17.1. The van der Waals surface area contributed by atoms with E-state index in [9.17, 15) is 9.90 Å². The molecule has 0 unspecified atom stereocenters. The second kappa shape index (κ2) is 5.08. The second-order valence-corrected chi connectivity index (χ2v) is 6.74. The predicted octanol–water partition coefficient (Wildman–Crippen LogP) is 3.31. The molecule has 2 aromatic rings. The number of benzene rings is 1. The number of fused-ring (bicyclic) bond motifs is 3. The highest BCUT2D eigenvalue weighted by Gasteiger charge is 2.54. The summed E-state index contributed by atoms with van der Waals surface area (Å²) in [6.45, 7) is 1.99. The molecule has 0 amide bonds. The summed E-state index contributed by atoms with van der Waals surface area (Å²) < 4.78 is 0. The largest absolute Gasteiger partial charge is 0.515 e. The van der Waals surface area contributed by atoms with Gasteiger partial charge < -0.3 is 5.11 Å². The van der Waals surface area contributed by atoms with Gasteiger partial charge in [-0.3, -0.25) is 9.89 Å². The summed E-state index contributed by atoms with van der Waals surface area (Å²) in [6, 6.07) is 10.3. The van der Waals surface area contributed by atoms with Crippen LogP contribution in [0.1, 0.15) is 36.6 Å². The number of aryl methyl sites for hydroxylation is 1. The molecule has 0 aliphatic heterocycles. The van der Waals surface area contributed by atoms with Crippen molar-refractivity contribution in [1.82, 2.24) is 10.2 Å². The van der Waals surface area contributed by atoms with E-state index in [1.807, 2.05) is 31.3 Å². The standard InChI is InChI=1S/C19H20N2O2/c1-12-16-8-7-13-10-20-21-18(13)19(16,9-14(11-22)17(12)23)15-5-3-2-4-6-15/h2-6,10-12,16,22H,7-9H2,1H3,(H,20,21)/b14-11-/t12-,16-,19+/m0/s1. The fourth-order valence-corrected chi connectivity index (χ4v) is 4.69. The number of aliphatic hydroxyl groups excluding tert-OH is 1. The number of rotatable bonds is 1. The van der Waals surface area contributed by atoms with Gasteiger partial charge in [0.1, 0.15) is 0 Å². The third-order valence-corrected chi connectivity index (χ3v) is 5.77. The lowest BCUT2D eigenvalue weighted by atomic mass is 9.52. The van der Waals surface area contributed by atoms with Gasteiger partial charge in [-0.15, -0.1) is 0 Å². The van der Waals surface area contributed by atoms with Gasteiger partial charge in [0.15, 0.2) is 5.78 Å². The zero-order valence-electron chi connectivity index (χ0n) is 13.1. The van der Waals surface area contributed by atoms with Gasteiger partial charge in [-0.1, -0.05) is 37.3 Å². The Morgan fingerprint density at radius 2 is 2.13 bits per heavy atom. The summed E-state index contributed by atoms with van der Waals surface area (Å²) >= 11 is 0. The Balaban J connectivity index is 2.00. The number of hydrogen-bond acceptors (Lipinski definition) is 3. The summed E-state index contributed by atoms with van der Waals surface area (Å²) in [7, 11) is 0. The van der Waals surface area contributed by atoms with Gasteiger partial charge in [-0.25, -0.2) is 0 Å². The Bertz CT molecular complexity index is 778. The maximum atomic E-state index is 12.6. The van der Waals surface area contributed by atoms with Gasteiger partial charge >= 0.3 is 0 Å². The highest BCUT2D eigenvalue weighted by Crippen LogP contribution is 2.55. The molecule has 2 aliphatic rings. The minimum atomic E-state index is -0.312. The van der Waals surface area contributed by atoms with Crippen molar-refractivity contribution in [3.8, 4) is 0 Å². The topological polar surface area (TPSA) is 66.0 Å². The number of H-pyrrole nitrogens is 1. The minimum Gasteiger partial charge on any atom is -0.515 e. The maximum Gasteiger partial charge on any atom is 0.165 e. The number of carbonyl (C=O) groups excluding carboxylic acids is 1. The SMILES string of the molecule is C[C@@H]1C(=O)/C(=C\O)C[C@]2(c3ccccc3)c3[nH]ncc3CC[C@@H]12. The van der Waals surface area contributed by atoms with Crippen LogP contribution in [0.15, 0.2) is 48.4 Å². The highest BCUT2D eigenvalue weighted by atomic mass is 16.2. The normalized spacial score (nSPS) is 31.7. The van der Waals surface area contributed by atoms with E-state index < -0.39 is 0 Å². The van der Waals surface area contributed by atoms with Crippen molar-refractivity contribution in [3.63, 3.8) is 0 Å². The molecule has 118 valence electrons. The Hall–Kier alpha value is -2.36. The van der Waals surface area contributed by atoms with Crippen LogP contribution < -0.4 is 0 Å². The first-order chi connectivity index (χ1) is 11.2. The molecule has 0 bridgehead atoms. The molecule has 4 heteroatoms. The van der Waals surface area contributed by atoms with E-state index >= 15 is 0 Å². The number of allylic oxidation sites excluding steroid dienone is 1. The molecule has 1 saturated carbocycles. The van der Waals surface area contributed by atoms with Crippen molar-refractivity contribution in [2.75, 3.05) is 0 Å². The number of Topliss-reactive ketones (excluding diaryl/α,β-unsaturated/α-hetero) is 1. The third-order valence-electron chi connectivity index (χ3n) is 5.77. The third kappa shape index (κ3) is 1.84. The summed E-state index contributed by atoms with van der Waals surface area (Å²) in [6.07, 6.45) is 5.34. The van der Waals surface area contributed by atoms with Crippen molar-refractivity contribution >= 4 is 5.78 Å². The lowest BCUT2D eigenvalue weighted by molar-refractivity contribution is -0.123. The number of ketones is 1. The zero-order chi connectivity index (χ0) is 16.0. The van der Waals surface area contributed by atoms with Crippen LogP contribution in [-0.4, -0.2) is 21.1 Å². The van der Waals surface area contributed by atoms with Gasteiger partial charge in [0.25, 0.3) is 0 Å². The second-order valence-electron chi connectivity index (χ2n) is 6.74. The van der Waals surface area contributed by atoms with E-state index in [1.165, 1.54) is 11.1 Å². The van der Waals surface area contributed by atoms with Crippen LogP contribution in [0.3, 0.4) is 0 Å². The number of nitrogens with one attached hydrogen (secondary N) is 1. The molecule has 3 atom stereocenters. The average molecular weight is 308 g/mol. The van der Waals surface area contributed by atoms with E-state index in [0.29, 0.717) is 12.0 Å². The van der Waals surface area contributed by atoms with E-state index in [1.54, 1.807) is 0 Å². The highest BCUT2D eigenvalue weighted by molar-refractivity contribution is 5.98. The average Bonchev–Trinajstić information content (AvgIpc) is 3.08.